The lowest BCUT2D eigenvalue weighted by molar-refractivity contribution is -0.150. The van der Waals surface area contributed by atoms with Crippen LogP contribution >= 0.6 is 0 Å². The van der Waals surface area contributed by atoms with E-state index in [-0.39, 0.29) is 5.57 Å². The summed E-state index contributed by atoms with van der Waals surface area (Å²) in [6, 6.07) is 0. The van der Waals surface area contributed by atoms with E-state index in [9.17, 15) is 20.1 Å². The molecule has 1 saturated heterocycles. The molecule has 6 nitrogen and oxygen atoms in total. The fourth-order valence-corrected chi connectivity index (χ4v) is 3.56. The number of aliphatic hydroxyl groups is 3. The third-order valence-corrected chi connectivity index (χ3v) is 4.78. The van der Waals surface area contributed by atoms with Crippen LogP contribution in [0.1, 0.15) is 26.7 Å². The Balaban J connectivity index is 2.35. The Labute approximate surface area is 123 Å². The van der Waals surface area contributed by atoms with Gasteiger partial charge in [0.1, 0.15) is 11.2 Å². The second-order valence-corrected chi connectivity index (χ2v) is 6.46. The van der Waals surface area contributed by atoms with Gasteiger partial charge in [-0.05, 0) is 25.0 Å². The number of fused-ring (bicyclic) bond motifs is 2. The van der Waals surface area contributed by atoms with Crippen LogP contribution in [0.15, 0.2) is 23.8 Å². The van der Waals surface area contributed by atoms with Gasteiger partial charge in [-0.25, -0.2) is 4.79 Å². The maximum Gasteiger partial charge on any atom is 0.328 e. The summed E-state index contributed by atoms with van der Waals surface area (Å²) in [5.41, 5.74) is -2.72. The first-order valence-corrected chi connectivity index (χ1v) is 6.94. The number of hydrogen-bond donors (Lipinski definition) is 4. The maximum absolute atomic E-state index is 11.1. The molecule has 1 heterocycles. The van der Waals surface area contributed by atoms with Crippen molar-refractivity contribution >= 4 is 5.97 Å². The number of ether oxygens (including phenoxy) is 1. The van der Waals surface area contributed by atoms with Gasteiger partial charge < -0.3 is 25.2 Å². The van der Waals surface area contributed by atoms with E-state index in [0.717, 1.165) is 6.08 Å². The molecule has 2 rings (SSSR count). The lowest BCUT2D eigenvalue weighted by Crippen LogP contribution is -2.61. The van der Waals surface area contributed by atoms with Crippen LogP contribution in [0, 0.1) is 5.41 Å². The molecule has 0 aromatic heterocycles. The van der Waals surface area contributed by atoms with Crippen molar-refractivity contribution in [1.29, 1.82) is 0 Å². The number of carboxylic acid groups (broad SMARTS) is 1. The Hall–Kier alpha value is -1.21. The molecule has 1 saturated carbocycles. The minimum absolute atomic E-state index is 0.189. The summed E-state index contributed by atoms with van der Waals surface area (Å²) in [6.45, 7) is 3.46. The molecule has 118 valence electrons. The second kappa shape index (κ2) is 5.21. The van der Waals surface area contributed by atoms with Crippen molar-refractivity contribution in [2.45, 2.75) is 44.0 Å². The van der Waals surface area contributed by atoms with Gasteiger partial charge in [-0.1, -0.05) is 13.0 Å². The Bertz CT molecular complexity index is 476. The third-order valence-electron chi connectivity index (χ3n) is 4.78. The van der Waals surface area contributed by atoms with Crippen molar-refractivity contribution in [1.82, 2.24) is 0 Å². The highest BCUT2D eigenvalue weighted by Crippen LogP contribution is 2.57. The van der Waals surface area contributed by atoms with Crippen molar-refractivity contribution < 1.29 is 30.0 Å². The van der Waals surface area contributed by atoms with E-state index in [1.165, 1.54) is 12.2 Å². The minimum atomic E-state index is -1.33. The van der Waals surface area contributed by atoms with Gasteiger partial charge in [0.05, 0.1) is 19.3 Å². The summed E-state index contributed by atoms with van der Waals surface area (Å²) in [5.74, 6) is -1.16. The molecule has 0 spiro atoms. The van der Waals surface area contributed by atoms with Crippen molar-refractivity contribution in [3.63, 3.8) is 0 Å². The van der Waals surface area contributed by atoms with Gasteiger partial charge >= 0.3 is 5.97 Å². The minimum Gasteiger partial charge on any atom is -0.478 e. The van der Waals surface area contributed by atoms with E-state index in [4.69, 9.17) is 9.84 Å². The summed E-state index contributed by atoms with van der Waals surface area (Å²) in [5, 5.41) is 39.0. The highest BCUT2D eigenvalue weighted by molar-refractivity contribution is 5.81. The maximum atomic E-state index is 11.1. The third kappa shape index (κ3) is 2.53. The topological polar surface area (TPSA) is 107 Å². The van der Waals surface area contributed by atoms with E-state index < -0.39 is 35.3 Å². The monoisotopic (exact) mass is 298 g/mol. The predicted octanol–water partition coefficient (Wildman–Crippen LogP) is 0.227. The fourth-order valence-electron chi connectivity index (χ4n) is 3.56. The van der Waals surface area contributed by atoms with Crippen molar-refractivity contribution in [2.75, 3.05) is 13.2 Å². The number of aliphatic carboxylic acids is 1. The zero-order valence-corrected chi connectivity index (χ0v) is 12.2. The Kier molecular flexibility index (Phi) is 4.01. The van der Waals surface area contributed by atoms with Gasteiger partial charge in [0, 0.05) is 17.9 Å². The fraction of sp³-hybridized carbons (Fsp3) is 0.667. The Morgan fingerprint density at radius 1 is 1.38 bits per heavy atom. The van der Waals surface area contributed by atoms with Crippen LogP contribution in [0.3, 0.4) is 0 Å². The molecule has 0 radical (unpaired) electrons. The van der Waals surface area contributed by atoms with Gasteiger partial charge in [-0.2, -0.15) is 0 Å². The van der Waals surface area contributed by atoms with Crippen molar-refractivity contribution in [3.05, 3.63) is 23.8 Å². The van der Waals surface area contributed by atoms with Gasteiger partial charge in [0.2, 0.25) is 0 Å². The number of aliphatic hydroxyl groups excluding tert-OH is 2. The van der Waals surface area contributed by atoms with Crippen LogP contribution < -0.4 is 0 Å². The molecule has 6 heteroatoms. The number of hydrogen-bond acceptors (Lipinski definition) is 5. The van der Waals surface area contributed by atoms with Gasteiger partial charge in [-0.15, -0.1) is 0 Å². The van der Waals surface area contributed by atoms with E-state index in [2.05, 4.69) is 0 Å². The summed E-state index contributed by atoms with van der Waals surface area (Å²) >= 11 is 0. The van der Waals surface area contributed by atoms with E-state index in [0.29, 0.717) is 19.4 Å². The summed E-state index contributed by atoms with van der Waals surface area (Å²) in [6.07, 6.45) is 3.97. The van der Waals surface area contributed by atoms with Crippen LogP contribution in [0.4, 0.5) is 0 Å². The Morgan fingerprint density at radius 3 is 2.57 bits per heavy atom. The lowest BCUT2D eigenvalue weighted by atomic mass is 9.59. The average Bonchev–Trinajstić information content (AvgIpc) is 2.49. The first kappa shape index (κ1) is 16.2. The molecule has 0 amide bonds. The van der Waals surface area contributed by atoms with Crippen LogP contribution in [0.2, 0.25) is 0 Å². The van der Waals surface area contributed by atoms with Crippen molar-refractivity contribution in [2.24, 2.45) is 5.41 Å². The largest absolute Gasteiger partial charge is 0.478 e. The molecule has 2 fully saturated rings. The first-order valence-electron chi connectivity index (χ1n) is 6.94. The molecular weight excluding hydrogens is 276 g/mol. The molecule has 0 unspecified atom stereocenters. The molecule has 1 aliphatic carbocycles. The standard InChI is InChI=1S/C15H22O6/c1-13-6-11(17)7-14(2,21-9-13)15(13,20)4-3-10(8-16)5-12(18)19/h3-5,11,16-17,20H,6-9H2,1-2H3,(H,18,19)/b4-3+,10-5+/t11-,13+,14-,15-/m0/s1. The van der Waals surface area contributed by atoms with Crippen LogP contribution in [-0.4, -0.2) is 56.9 Å². The first-order chi connectivity index (χ1) is 9.66. The summed E-state index contributed by atoms with van der Waals surface area (Å²) < 4.78 is 5.74. The van der Waals surface area contributed by atoms with Gasteiger partial charge in [0.25, 0.3) is 0 Å². The van der Waals surface area contributed by atoms with E-state index in [1.54, 1.807) is 6.92 Å². The van der Waals surface area contributed by atoms with E-state index in [1.807, 2.05) is 6.92 Å². The normalized spacial score (nSPS) is 43.5. The molecule has 1 aliphatic heterocycles. The molecule has 0 aromatic rings. The highest BCUT2D eigenvalue weighted by atomic mass is 16.5. The number of carboxylic acids is 1. The summed E-state index contributed by atoms with van der Waals surface area (Å²) in [4.78, 5) is 10.7. The highest BCUT2D eigenvalue weighted by Gasteiger charge is 2.67. The zero-order chi connectivity index (χ0) is 15.9. The van der Waals surface area contributed by atoms with Gasteiger partial charge in [-0.3, -0.25) is 0 Å². The molecule has 2 bridgehead atoms. The Morgan fingerprint density at radius 2 is 2.05 bits per heavy atom. The van der Waals surface area contributed by atoms with Crippen LogP contribution in [-0.2, 0) is 9.53 Å². The lowest BCUT2D eigenvalue weighted by Gasteiger charge is -2.49. The number of rotatable bonds is 4. The molecule has 0 aromatic carbocycles. The number of carbonyl (C=O) groups is 1. The van der Waals surface area contributed by atoms with Crippen LogP contribution in [0.5, 0.6) is 0 Å². The molecule has 2 aliphatic rings. The quantitative estimate of drug-likeness (QED) is 0.437. The molecule has 4 atom stereocenters. The SMILES string of the molecule is C[C@]12CO[C@@](C)(C[C@@H](O)C1)[C@]2(O)/C=C/C(=C\C(=O)O)CO. The average molecular weight is 298 g/mol. The van der Waals surface area contributed by atoms with Gasteiger partial charge in [0.15, 0.2) is 0 Å². The second-order valence-electron chi connectivity index (χ2n) is 6.46. The zero-order valence-electron chi connectivity index (χ0n) is 12.2. The smallest absolute Gasteiger partial charge is 0.328 e. The van der Waals surface area contributed by atoms with Crippen LogP contribution in [0.25, 0.3) is 0 Å². The molecule has 4 N–H and O–H groups in total. The molecule has 21 heavy (non-hydrogen) atoms. The van der Waals surface area contributed by atoms with Crippen molar-refractivity contribution in [3.8, 4) is 0 Å². The predicted molar refractivity (Wildman–Crippen MR) is 74.6 cm³/mol. The molecular formula is C15H22O6. The summed E-state index contributed by atoms with van der Waals surface area (Å²) in [7, 11) is 0. The van der Waals surface area contributed by atoms with E-state index >= 15 is 0 Å².